The molecule has 2 unspecified atom stereocenters. The van der Waals surface area contributed by atoms with E-state index in [2.05, 4.69) is 24.1 Å². The molecule has 0 bridgehead atoms. The summed E-state index contributed by atoms with van der Waals surface area (Å²) in [4.78, 5) is 15.1. The number of rotatable bonds is 1. The molecule has 3 fully saturated rings. The second kappa shape index (κ2) is 4.52. The first-order chi connectivity index (χ1) is 8.62. The van der Waals surface area contributed by atoms with Gasteiger partial charge < -0.3 is 10.2 Å². The van der Waals surface area contributed by atoms with E-state index in [-0.39, 0.29) is 5.41 Å². The zero-order valence-electron chi connectivity index (χ0n) is 11.7. The maximum absolute atomic E-state index is 12.8. The van der Waals surface area contributed by atoms with E-state index in [1.54, 1.807) is 0 Å². The van der Waals surface area contributed by atoms with Gasteiger partial charge in [-0.25, -0.2) is 0 Å². The van der Waals surface area contributed by atoms with Gasteiger partial charge in [0.1, 0.15) is 0 Å². The molecular weight excluding hydrogens is 224 g/mol. The number of hydrogen-bond acceptors (Lipinski definition) is 2. The van der Waals surface area contributed by atoms with Crippen LogP contribution in [0.2, 0.25) is 0 Å². The van der Waals surface area contributed by atoms with E-state index >= 15 is 0 Å². The summed E-state index contributed by atoms with van der Waals surface area (Å²) < 4.78 is 0. The quantitative estimate of drug-likeness (QED) is 0.773. The van der Waals surface area contributed by atoms with Crippen LogP contribution < -0.4 is 5.32 Å². The van der Waals surface area contributed by atoms with Gasteiger partial charge in [-0.05, 0) is 25.8 Å². The van der Waals surface area contributed by atoms with Crippen molar-refractivity contribution < 1.29 is 4.79 Å². The lowest BCUT2D eigenvalue weighted by molar-refractivity contribution is -0.138. The molecule has 2 atom stereocenters. The van der Waals surface area contributed by atoms with Crippen LogP contribution in [0.3, 0.4) is 0 Å². The SMILES string of the molecule is CC1(C)C(=O)N(C2CCCCC2)C2CCNCC21. The van der Waals surface area contributed by atoms with Gasteiger partial charge in [0.2, 0.25) is 5.91 Å². The van der Waals surface area contributed by atoms with Crippen LogP contribution in [0.5, 0.6) is 0 Å². The highest BCUT2D eigenvalue weighted by atomic mass is 16.2. The van der Waals surface area contributed by atoms with Crippen molar-refractivity contribution in [1.82, 2.24) is 10.2 Å². The molecule has 3 heteroatoms. The Bertz CT molecular complexity index is 333. The molecule has 18 heavy (non-hydrogen) atoms. The summed E-state index contributed by atoms with van der Waals surface area (Å²) in [6, 6.07) is 1.05. The Hall–Kier alpha value is -0.570. The largest absolute Gasteiger partial charge is 0.336 e. The van der Waals surface area contributed by atoms with Gasteiger partial charge in [0.15, 0.2) is 0 Å². The van der Waals surface area contributed by atoms with Crippen molar-refractivity contribution in [3.63, 3.8) is 0 Å². The Morgan fingerprint density at radius 3 is 2.61 bits per heavy atom. The Morgan fingerprint density at radius 1 is 1.17 bits per heavy atom. The molecule has 2 aliphatic heterocycles. The molecule has 1 N–H and O–H groups in total. The molecule has 0 radical (unpaired) electrons. The zero-order chi connectivity index (χ0) is 12.8. The van der Waals surface area contributed by atoms with E-state index in [0.717, 1.165) is 19.5 Å². The molecule has 1 aliphatic carbocycles. The Kier molecular flexibility index (Phi) is 3.13. The molecule has 0 aromatic heterocycles. The number of carbonyl (C=O) groups is 1. The van der Waals surface area contributed by atoms with E-state index in [9.17, 15) is 4.79 Å². The topological polar surface area (TPSA) is 32.3 Å². The van der Waals surface area contributed by atoms with E-state index in [4.69, 9.17) is 0 Å². The van der Waals surface area contributed by atoms with Crippen LogP contribution in [0.4, 0.5) is 0 Å². The van der Waals surface area contributed by atoms with Gasteiger partial charge in [-0.3, -0.25) is 4.79 Å². The summed E-state index contributed by atoms with van der Waals surface area (Å²) in [5.74, 6) is 0.939. The number of likely N-dealkylation sites (tertiary alicyclic amines) is 1. The predicted molar refractivity (Wildman–Crippen MR) is 72.3 cm³/mol. The third-order valence-electron chi connectivity index (χ3n) is 5.48. The van der Waals surface area contributed by atoms with E-state index in [1.807, 2.05) is 0 Å². The van der Waals surface area contributed by atoms with Crippen molar-refractivity contribution in [3.05, 3.63) is 0 Å². The fourth-order valence-corrected chi connectivity index (χ4v) is 4.35. The van der Waals surface area contributed by atoms with Crippen molar-refractivity contribution in [3.8, 4) is 0 Å². The van der Waals surface area contributed by atoms with Gasteiger partial charge >= 0.3 is 0 Å². The number of fused-ring (bicyclic) bond motifs is 1. The van der Waals surface area contributed by atoms with Crippen molar-refractivity contribution in [1.29, 1.82) is 0 Å². The van der Waals surface area contributed by atoms with E-state index < -0.39 is 0 Å². The minimum absolute atomic E-state index is 0.157. The van der Waals surface area contributed by atoms with Crippen molar-refractivity contribution in [2.24, 2.45) is 11.3 Å². The van der Waals surface area contributed by atoms with Gasteiger partial charge in [-0.1, -0.05) is 33.1 Å². The number of nitrogens with one attached hydrogen (secondary N) is 1. The lowest BCUT2D eigenvalue weighted by atomic mass is 9.76. The van der Waals surface area contributed by atoms with Crippen LogP contribution in [0.25, 0.3) is 0 Å². The highest BCUT2D eigenvalue weighted by Crippen LogP contribution is 2.45. The summed E-state index contributed by atoms with van der Waals surface area (Å²) in [6.45, 7) is 6.41. The minimum Gasteiger partial charge on any atom is -0.336 e. The van der Waals surface area contributed by atoms with Crippen molar-refractivity contribution in [2.75, 3.05) is 13.1 Å². The first kappa shape index (κ1) is 12.5. The minimum atomic E-state index is -0.157. The van der Waals surface area contributed by atoms with Gasteiger partial charge in [0.05, 0.1) is 0 Å². The average molecular weight is 250 g/mol. The third kappa shape index (κ3) is 1.78. The monoisotopic (exact) mass is 250 g/mol. The van der Waals surface area contributed by atoms with Crippen LogP contribution in [-0.2, 0) is 4.79 Å². The van der Waals surface area contributed by atoms with Gasteiger partial charge in [0.25, 0.3) is 0 Å². The molecule has 0 spiro atoms. The lowest BCUT2D eigenvalue weighted by Gasteiger charge is -2.39. The number of carbonyl (C=O) groups excluding carboxylic acids is 1. The molecule has 0 aromatic rings. The van der Waals surface area contributed by atoms with Crippen molar-refractivity contribution >= 4 is 5.91 Å². The standard InChI is InChI=1S/C15H26N2O/c1-15(2)12-10-16-9-8-13(12)17(14(15)18)11-6-4-3-5-7-11/h11-13,16H,3-10H2,1-2H3. The number of hydrogen-bond donors (Lipinski definition) is 1. The summed E-state index contributed by atoms with van der Waals surface area (Å²) in [6.07, 6.45) is 7.60. The average Bonchev–Trinajstić information content (AvgIpc) is 2.60. The highest BCUT2D eigenvalue weighted by Gasteiger charge is 2.55. The van der Waals surface area contributed by atoms with Crippen molar-refractivity contribution in [2.45, 2.75) is 64.5 Å². The summed E-state index contributed by atoms with van der Waals surface area (Å²) in [7, 11) is 0. The maximum Gasteiger partial charge on any atom is 0.229 e. The van der Waals surface area contributed by atoms with E-state index in [0.29, 0.717) is 23.9 Å². The van der Waals surface area contributed by atoms with Crippen LogP contribution in [0, 0.1) is 11.3 Å². The first-order valence-electron chi connectivity index (χ1n) is 7.66. The number of piperidine rings is 1. The molecule has 3 nitrogen and oxygen atoms in total. The predicted octanol–water partition coefficient (Wildman–Crippen LogP) is 2.17. The first-order valence-corrected chi connectivity index (χ1v) is 7.66. The van der Waals surface area contributed by atoms with E-state index in [1.165, 1.54) is 32.1 Å². The molecule has 3 rings (SSSR count). The lowest BCUT2D eigenvalue weighted by Crippen LogP contribution is -2.49. The molecule has 2 heterocycles. The number of amides is 1. The molecule has 1 saturated carbocycles. The smallest absolute Gasteiger partial charge is 0.229 e. The maximum atomic E-state index is 12.8. The molecule has 102 valence electrons. The zero-order valence-corrected chi connectivity index (χ0v) is 11.7. The van der Waals surface area contributed by atoms with Crippen LogP contribution >= 0.6 is 0 Å². The Balaban J connectivity index is 1.86. The summed E-state index contributed by atoms with van der Waals surface area (Å²) >= 11 is 0. The Labute approximate surface area is 110 Å². The summed E-state index contributed by atoms with van der Waals surface area (Å²) in [5.41, 5.74) is -0.157. The molecular formula is C15H26N2O. The fraction of sp³-hybridized carbons (Fsp3) is 0.933. The summed E-state index contributed by atoms with van der Waals surface area (Å²) in [5, 5.41) is 3.48. The van der Waals surface area contributed by atoms with Gasteiger partial charge in [-0.15, -0.1) is 0 Å². The highest BCUT2D eigenvalue weighted by molar-refractivity contribution is 5.85. The van der Waals surface area contributed by atoms with Gasteiger partial charge in [-0.2, -0.15) is 0 Å². The fourth-order valence-electron chi connectivity index (χ4n) is 4.35. The second-order valence-corrected chi connectivity index (χ2v) is 6.89. The normalized spacial score (nSPS) is 36.8. The third-order valence-corrected chi connectivity index (χ3v) is 5.48. The Morgan fingerprint density at radius 2 is 1.89 bits per heavy atom. The molecule has 2 saturated heterocycles. The van der Waals surface area contributed by atoms with Crippen LogP contribution in [-0.4, -0.2) is 36.0 Å². The van der Waals surface area contributed by atoms with Crippen LogP contribution in [0.15, 0.2) is 0 Å². The van der Waals surface area contributed by atoms with Crippen LogP contribution in [0.1, 0.15) is 52.4 Å². The van der Waals surface area contributed by atoms with Gasteiger partial charge in [0, 0.05) is 30.0 Å². The molecule has 0 aromatic carbocycles. The molecule has 3 aliphatic rings. The molecule has 1 amide bonds. The number of nitrogens with zero attached hydrogens (tertiary/aromatic N) is 1. The second-order valence-electron chi connectivity index (χ2n) is 6.89.